The summed E-state index contributed by atoms with van der Waals surface area (Å²) in [6, 6.07) is 34.0. The number of nitrogens with zero attached hydrogens (tertiary/aromatic N) is 3. The van der Waals surface area contributed by atoms with Crippen molar-refractivity contribution in [1.82, 2.24) is 20.6 Å². The van der Waals surface area contributed by atoms with E-state index in [1.54, 1.807) is 12.1 Å². The summed E-state index contributed by atoms with van der Waals surface area (Å²) in [7, 11) is 0. The number of hydrogen-bond acceptors (Lipinski definition) is 6. The van der Waals surface area contributed by atoms with Gasteiger partial charge in [-0.25, -0.2) is 0 Å². The number of nitriles is 1. The molecule has 2 heterocycles. The molecule has 0 unspecified atom stereocenters. The molecule has 0 atom stereocenters. The van der Waals surface area contributed by atoms with Crippen molar-refractivity contribution in [2.75, 3.05) is 25.6 Å². The second-order valence-corrected chi connectivity index (χ2v) is 9.80. The molecule has 0 saturated carbocycles. The van der Waals surface area contributed by atoms with Gasteiger partial charge in [0.15, 0.2) is 0 Å². The first kappa shape index (κ1) is 30.4. The van der Waals surface area contributed by atoms with Gasteiger partial charge in [0.05, 0.1) is 11.6 Å². The number of pyridine rings is 2. The molecule has 0 amide bonds. The molecule has 2 aromatic heterocycles. The summed E-state index contributed by atoms with van der Waals surface area (Å²) < 4.78 is 5.65. The molecule has 0 spiro atoms. The van der Waals surface area contributed by atoms with E-state index in [4.69, 9.17) is 21.6 Å². The highest BCUT2D eigenvalue weighted by molar-refractivity contribution is 6.18. The van der Waals surface area contributed by atoms with Gasteiger partial charge < -0.3 is 15.4 Å². The summed E-state index contributed by atoms with van der Waals surface area (Å²) >= 11 is 5.62. The van der Waals surface area contributed by atoms with E-state index in [2.05, 4.69) is 63.1 Å². The zero-order valence-corrected chi connectivity index (χ0v) is 24.2. The standard InChI is InChI=1S/C21H19N3O.C14H15ClN2/c22-13-17-6-8-21(9-7-17)25-11-10-23-14-18-12-20(16-24-15-18)19-4-2-1-3-5-19;15-6-7-16-9-12-8-14(11-17-10-12)13-4-2-1-3-5-13/h1-9,12,15-16,23H,10-11,14H2;1-5,8,10-11,16H,6-7,9H2. The molecule has 0 aliphatic heterocycles. The number of hydrogen-bond donors (Lipinski definition) is 2. The van der Waals surface area contributed by atoms with Crippen LogP contribution in [0.15, 0.2) is 122 Å². The molecule has 0 bridgehead atoms. The molecular formula is C35H34ClN5O. The van der Waals surface area contributed by atoms with Crippen molar-refractivity contribution >= 4 is 11.6 Å². The molecular weight excluding hydrogens is 542 g/mol. The van der Waals surface area contributed by atoms with Gasteiger partial charge >= 0.3 is 0 Å². The lowest BCUT2D eigenvalue weighted by Gasteiger charge is -2.08. The van der Waals surface area contributed by atoms with Crippen molar-refractivity contribution < 1.29 is 4.74 Å². The molecule has 0 radical (unpaired) electrons. The highest BCUT2D eigenvalue weighted by Crippen LogP contribution is 2.19. The topological polar surface area (TPSA) is 82.9 Å². The van der Waals surface area contributed by atoms with Crippen molar-refractivity contribution in [3.05, 3.63) is 139 Å². The van der Waals surface area contributed by atoms with Gasteiger partial charge in [-0.15, -0.1) is 11.6 Å². The second-order valence-electron chi connectivity index (χ2n) is 9.42. The maximum atomic E-state index is 8.77. The predicted molar refractivity (Wildman–Crippen MR) is 170 cm³/mol. The number of aromatic nitrogens is 2. The van der Waals surface area contributed by atoms with Crippen LogP contribution in [0, 0.1) is 11.3 Å². The van der Waals surface area contributed by atoms with Gasteiger partial charge in [0, 0.05) is 68.0 Å². The highest BCUT2D eigenvalue weighted by atomic mass is 35.5. The van der Waals surface area contributed by atoms with E-state index in [1.165, 1.54) is 16.7 Å². The van der Waals surface area contributed by atoms with Crippen molar-refractivity contribution in [3.63, 3.8) is 0 Å². The zero-order valence-electron chi connectivity index (χ0n) is 23.4. The van der Waals surface area contributed by atoms with E-state index >= 15 is 0 Å². The van der Waals surface area contributed by atoms with E-state index in [-0.39, 0.29) is 0 Å². The summed E-state index contributed by atoms with van der Waals surface area (Å²) in [5.74, 6) is 1.40. The van der Waals surface area contributed by atoms with Gasteiger partial charge in [-0.3, -0.25) is 9.97 Å². The molecule has 0 fully saturated rings. The first-order valence-corrected chi connectivity index (χ1v) is 14.4. The lowest BCUT2D eigenvalue weighted by Crippen LogP contribution is -2.20. The molecule has 42 heavy (non-hydrogen) atoms. The summed E-state index contributed by atoms with van der Waals surface area (Å²) in [5, 5.41) is 15.4. The number of benzene rings is 3. The first-order chi connectivity index (χ1) is 20.7. The number of halogens is 1. The van der Waals surface area contributed by atoms with Gasteiger partial charge in [0.2, 0.25) is 0 Å². The van der Waals surface area contributed by atoms with Gasteiger partial charge in [-0.2, -0.15) is 5.26 Å². The monoisotopic (exact) mass is 575 g/mol. The van der Waals surface area contributed by atoms with Crippen molar-refractivity contribution in [2.24, 2.45) is 0 Å². The van der Waals surface area contributed by atoms with Gasteiger partial charge in [-0.1, -0.05) is 60.7 Å². The molecule has 0 saturated heterocycles. The third-order valence-corrected chi connectivity index (χ3v) is 6.45. The Morgan fingerprint density at radius 3 is 1.67 bits per heavy atom. The molecule has 7 heteroatoms. The third kappa shape index (κ3) is 10.1. The Hall–Kier alpha value is -4.54. The van der Waals surface area contributed by atoms with E-state index < -0.39 is 0 Å². The number of rotatable bonds is 12. The summed E-state index contributed by atoms with van der Waals surface area (Å²) in [5.41, 5.74) is 7.58. The fourth-order valence-corrected chi connectivity index (χ4v) is 4.28. The third-order valence-electron chi connectivity index (χ3n) is 6.26. The Labute approximate surface area is 253 Å². The normalized spacial score (nSPS) is 10.3. The predicted octanol–water partition coefficient (Wildman–Crippen LogP) is 6.87. The van der Waals surface area contributed by atoms with Crippen LogP contribution in [-0.4, -0.2) is 35.5 Å². The fraction of sp³-hybridized carbons (Fsp3) is 0.171. The second kappa shape index (κ2) is 17.3. The molecule has 6 nitrogen and oxygen atoms in total. The largest absolute Gasteiger partial charge is 0.492 e. The van der Waals surface area contributed by atoms with Crippen LogP contribution in [0.4, 0.5) is 0 Å². The minimum absolute atomic E-state index is 0.567. The Kier molecular flexibility index (Phi) is 12.5. The van der Waals surface area contributed by atoms with E-state index in [9.17, 15) is 0 Å². The van der Waals surface area contributed by atoms with Crippen LogP contribution in [-0.2, 0) is 13.1 Å². The van der Waals surface area contributed by atoms with Crippen LogP contribution in [0.2, 0.25) is 0 Å². The molecule has 2 N–H and O–H groups in total. The highest BCUT2D eigenvalue weighted by Gasteiger charge is 2.01. The SMILES string of the molecule is ClCCNCc1cncc(-c2ccccc2)c1.N#Cc1ccc(OCCNCc2cncc(-c3ccccc3)c2)cc1. The maximum absolute atomic E-state index is 8.77. The Bertz CT molecular complexity index is 1520. The lowest BCUT2D eigenvalue weighted by molar-refractivity contribution is 0.313. The number of nitrogens with one attached hydrogen (secondary N) is 2. The lowest BCUT2D eigenvalue weighted by atomic mass is 10.1. The Morgan fingerprint density at radius 1 is 0.643 bits per heavy atom. The summed E-state index contributed by atoms with van der Waals surface area (Å²) in [4.78, 5) is 8.59. The van der Waals surface area contributed by atoms with E-state index in [1.807, 2.05) is 73.3 Å². The van der Waals surface area contributed by atoms with Crippen LogP contribution < -0.4 is 15.4 Å². The molecule has 5 aromatic rings. The average Bonchev–Trinajstić information content (AvgIpc) is 3.06. The van der Waals surface area contributed by atoms with Crippen LogP contribution >= 0.6 is 11.6 Å². The van der Waals surface area contributed by atoms with Crippen LogP contribution in [0.1, 0.15) is 16.7 Å². The maximum Gasteiger partial charge on any atom is 0.119 e. The van der Waals surface area contributed by atoms with Crippen LogP contribution in [0.25, 0.3) is 22.3 Å². The average molecular weight is 576 g/mol. The summed E-state index contributed by atoms with van der Waals surface area (Å²) in [6.07, 6.45) is 7.53. The minimum Gasteiger partial charge on any atom is -0.492 e. The van der Waals surface area contributed by atoms with E-state index in [0.29, 0.717) is 18.1 Å². The number of ether oxygens (including phenoxy) is 1. The molecule has 3 aromatic carbocycles. The van der Waals surface area contributed by atoms with E-state index in [0.717, 1.165) is 48.6 Å². The fourth-order valence-electron chi connectivity index (χ4n) is 4.14. The smallest absolute Gasteiger partial charge is 0.119 e. The molecule has 5 rings (SSSR count). The number of alkyl halides is 1. The van der Waals surface area contributed by atoms with Crippen molar-refractivity contribution in [1.29, 1.82) is 5.26 Å². The molecule has 0 aliphatic carbocycles. The van der Waals surface area contributed by atoms with Gasteiger partial charge in [0.1, 0.15) is 12.4 Å². The van der Waals surface area contributed by atoms with Crippen molar-refractivity contribution in [2.45, 2.75) is 13.1 Å². The summed E-state index contributed by atoms with van der Waals surface area (Å²) in [6.45, 7) is 3.66. The van der Waals surface area contributed by atoms with Crippen molar-refractivity contribution in [3.8, 4) is 34.1 Å². The first-order valence-electron chi connectivity index (χ1n) is 13.8. The minimum atomic E-state index is 0.567. The quantitative estimate of drug-likeness (QED) is 0.125. The van der Waals surface area contributed by atoms with Gasteiger partial charge in [0.25, 0.3) is 0 Å². The molecule has 0 aliphatic rings. The molecule has 212 valence electrons. The zero-order chi connectivity index (χ0) is 29.2. The van der Waals surface area contributed by atoms with Crippen LogP contribution in [0.5, 0.6) is 5.75 Å². The van der Waals surface area contributed by atoms with Gasteiger partial charge in [-0.05, 0) is 58.7 Å². The Morgan fingerprint density at radius 2 is 1.17 bits per heavy atom. The van der Waals surface area contributed by atoms with Crippen LogP contribution in [0.3, 0.4) is 0 Å². The Balaban J connectivity index is 0.000000208.